The summed E-state index contributed by atoms with van der Waals surface area (Å²) < 4.78 is 27.3. The highest BCUT2D eigenvalue weighted by molar-refractivity contribution is 5.98. The average molecular weight is 591 g/mol. The highest BCUT2D eigenvalue weighted by atomic mass is 19.1. The maximum Gasteiger partial charge on any atom is 0.349 e. The molecule has 0 unspecified atom stereocenters. The van der Waals surface area contributed by atoms with Gasteiger partial charge in [0.2, 0.25) is 11.3 Å². The van der Waals surface area contributed by atoms with Crippen molar-refractivity contribution in [3.05, 3.63) is 80.2 Å². The molecule has 222 valence electrons. The van der Waals surface area contributed by atoms with Crippen LogP contribution in [0.25, 0.3) is 21.9 Å². The number of rotatable bonds is 7. The summed E-state index contributed by atoms with van der Waals surface area (Å²) in [4.78, 5) is 65.6. The van der Waals surface area contributed by atoms with Gasteiger partial charge in [-0.1, -0.05) is 0 Å². The molecule has 2 aliphatic rings. The lowest BCUT2D eigenvalue weighted by molar-refractivity contribution is -0.130. The van der Waals surface area contributed by atoms with Crippen molar-refractivity contribution in [3.8, 4) is 5.75 Å². The summed E-state index contributed by atoms with van der Waals surface area (Å²) in [5.41, 5.74) is -1.22. The number of amides is 2. The molecular formula is C30H27FN4O8. The summed E-state index contributed by atoms with van der Waals surface area (Å²) in [6, 6.07) is 8.95. The Labute approximate surface area is 242 Å². The van der Waals surface area contributed by atoms with Crippen molar-refractivity contribution < 1.29 is 33.0 Å². The van der Waals surface area contributed by atoms with Crippen LogP contribution in [-0.4, -0.2) is 72.2 Å². The fraction of sp³-hybridized carbons (Fsp3) is 0.300. The molecule has 2 amide bonds. The Morgan fingerprint density at radius 3 is 2.47 bits per heavy atom. The first-order chi connectivity index (χ1) is 20.6. The second kappa shape index (κ2) is 10.9. The normalized spacial score (nSPS) is 15.1. The van der Waals surface area contributed by atoms with Gasteiger partial charge in [0.1, 0.15) is 28.3 Å². The van der Waals surface area contributed by atoms with E-state index >= 15 is 4.39 Å². The minimum atomic E-state index is -1.36. The van der Waals surface area contributed by atoms with Crippen molar-refractivity contribution >= 4 is 45.3 Å². The maximum absolute atomic E-state index is 15.3. The minimum Gasteiger partial charge on any atom is -0.497 e. The number of benzene rings is 2. The van der Waals surface area contributed by atoms with E-state index in [4.69, 9.17) is 9.15 Å². The third-order valence-electron chi connectivity index (χ3n) is 7.83. The summed E-state index contributed by atoms with van der Waals surface area (Å²) in [6.07, 6.45) is 3.00. The lowest BCUT2D eigenvalue weighted by atomic mass is 10.1. The van der Waals surface area contributed by atoms with Crippen LogP contribution < -0.4 is 26.0 Å². The number of piperazine rings is 1. The van der Waals surface area contributed by atoms with Gasteiger partial charge in [0, 0.05) is 55.3 Å². The zero-order chi connectivity index (χ0) is 30.4. The molecule has 0 radical (unpaired) electrons. The van der Waals surface area contributed by atoms with E-state index in [2.05, 4.69) is 5.32 Å². The highest BCUT2D eigenvalue weighted by Gasteiger charge is 2.29. The fourth-order valence-corrected chi connectivity index (χ4v) is 5.34. The lowest BCUT2D eigenvalue weighted by Gasteiger charge is -2.36. The zero-order valence-electron chi connectivity index (χ0n) is 23.1. The predicted octanol–water partition coefficient (Wildman–Crippen LogP) is 2.37. The number of anilines is 1. The van der Waals surface area contributed by atoms with Gasteiger partial charge in [-0.05, 0) is 43.2 Å². The minimum absolute atomic E-state index is 0.0118. The molecule has 3 heterocycles. The molecule has 43 heavy (non-hydrogen) atoms. The summed E-state index contributed by atoms with van der Waals surface area (Å²) in [5.74, 6) is -2.64. The van der Waals surface area contributed by atoms with Gasteiger partial charge in [-0.25, -0.2) is 14.0 Å². The summed E-state index contributed by atoms with van der Waals surface area (Å²) in [7, 11) is 1.48. The number of hydrogen-bond donors (Lipinski definition) is 2. The van der Waals surface area contributed by atoms with Crippen LogP contribution in [0.5, 0.6) is 5.75 Å². The molecule has 1 aliphatic heterocycles. The first-order valence-electron chi connectivity index (χ1n) is 13.7. The Kier molecular flexibility index (Phi) is 7.08. The van der Waals surface area contributed by atoms with Crippen molar-refractivity contribution in [3.63, 3.8) is 0 Å². The number of carboxylic acid groups (broad SMARTS) is 1. The topological polar surface area (TPSA) is 151 Å². The smallest absolute Gasteiger partial charge is 0.349 e. The third kappa shape index (κ3) is 5.29. The average Bonchev–Trinajstić information content (AvgIpc) is 3.85. The second-order valence-corrected chi connectivity index (χ2v) is 10.5. The Morgan fingerprint density at radius 2 is 1.79 bits per heavy atom. The summed E-state index contributed by atoms with van der Waals surface area (Å²) in [5, 5.41) is 12.5. The molecule has 1 saturated heterocycles. The van der Waals surface area contributed by atoms with Gasteiger partial charge in [0.05, 0.1) is 24.9 Å². The van der Waals surface area contributed by atoms with Gasteiger partial charge in [-0.3, -0.25) is 14.4 Å². The number of methoxy groups -OCH3 is 1. The van der Waals surface area contributed by atoms with E-state index in [1.807, 2.05) is 0 Å². The van der Waals surface area contributed by atoms with E-state index in [1.54, 1.807) is 27.7 Å². The van der Waals surface area contributed by atoms with E-state index < -0.39 is 34.3 Å². The largest absolute Gasteiger partial charge is 0.497 e. The van der Waals surface area contributed by atoms with Gasteiger partial charge >= 0.3 is 11.6 Å². The predicted molar refractivity (Wildman–Crippen MR) is 154 cm³/mol. The molecule has 2 aromatic carbocycles. The number of halogens is 1. The molecule has 0 atom stereocenters. The van der Waals surface area contributed by atoms with Crippen LogP contribution in [0.1, 0.15) is 39.6 Å². The number of carbonyl (C=O) groups is 3. The van der Waals surface area contributed by atoms with Crippen LogP contribution in [0.3, 0.4) is 0 Å². The highest BCUT2D eigenvalue weighted by Crippen LogP contribution is 2.38. The third-order valence-corrected chi connectivity index (χ3v) is 7.83. The SMILES string of the molecule is COc1ccc2cc(C(=O)NCC(=O)N3CCN(c4cc5c(cc4F)c(=O)c(C(=O)O)cn5C4CC4)CC3)c(=O)oc2c1. The van der Waals surface area contributed by atoms with E-state index in [0.717, 1.165) is 18.9 Å². The van der Waals surface area contributed by atoms with Crippen molar-refractivity contribution in [2.75, 3.05) is 44.7 Å². The van der Waals surface area contributed by atoms with Gasteiger partial charge in [0.25, 0.3) is 5.91 Å². The summed E-state index contributed by atoms with van der Waals surface area (Å²) in [6.45, 7) is 0.739. The van der Waals surface area contributed by atoms with Gasteiger partial charge in [0.15, 0.2) is 0 Å². The summed E-state index contributed by atoms with van der Waals surface area (Å²) >= 11 is 0. The van der Waals surface area contributed by atoms with Crippen LogP contribution in [0.15, 0.2) is 56.6 Å². The number of aromatic nitrogens is 1. The van der Waals surface area contributed by atoms with Crippen LogP contribution in [0, 0.1) is 5.82 Å². The molecule has 1 saturated carbocycles. The van der Waals surface area contributed by atoms with Crippen LogP contribution in [0.4, 0.5) is 10.1 Å². The Hall–Kier alpha value is -5.20. The van der Waals surface area contributed by atoms with Gasteiger partial charge in [-0.15, -0.1) is 0 Å². The second-order valence-electron chi connectivity index (χ2n) is 10.5. The van der Waals surface area contributed by atoms with E-state index in [0.29, 0.717) is 29.7 Å². The monoisotopic (exact) mass is 590 g/mol. The Morgan fingerprint density at radius 1 is 1.05 bits per heavy atom. The number of nitrogens with zero attached hydrogens (tertiary/aromatic N) is 3. The van der Waals surface area contributed by atoms with E-state index in [-0.39, 0.29) is 53.8 Å². The fourth-order valence-electron chi connectivity index (χ4n) is 5.34. The van der Waals surface area contributed by atoms with Crippen molar-refractivity contribution in [1.29, 1.82) is 0 Å². The molecule has 12 nitrogen and oxygen atoms in total. The first-order valence-corrected chi connectivity index (χ1v) is 13.7. The lowest BCUT2D eigenvalue weighted by Crippen LogP contribution is -2.51. The number of ether oxygens (including phenoxy) is 1. The van der Waals surface area contributed by atoms with E-state index in [9.17, 15) is 29.1 Å². The number of hydrogen-bond acceptors (Lipinski definition) is 8. The number of carbonyl (C=O) groups excluding carboxylic acids is 2. The molecular weight excluding hydrogens is 563 g/mol. The van der Waals surface area contributed by atoms with Crippen molar-refractivity contribution in [1.82, 2.24) is 14.8 Å². The van der Waals surface area contributed by atoms with Gasteiger partial charge in [-0.2, -0.15) is 0 Å². The quantitative estimate of drug-likeness (QED) is 0.309. The Bertz CT molecular complexity index is 1920. The molecule has 0 bridgehead atoms. The number of carboxylic acids is 1. The van der Waals surface area contributed by atoms with Crippen molar-refractivity contribution in [2.45, 2.75) is 18.9 Å². The molecule has 13 heteroatoms. The van der Waals surface area contributed by atoms with E-state index in [1.165, 1.54) is 30.3 Å². The standard InChI is InChI=1S/C30H27FN4O8/c1-42-18-5-2-16-10-20(30(41)43-25(16)11-18)28(38)32-14-26(36)34-8-6-33(7-9-34)24-13-23-19(12-22(24)31)27(37)21(29(39)40)15-35(23)17-3-4-17/h2,5,10-13,15,17H,3-4,6-9,14H2,1H3,(H,32,38)(H,39,40). The molecule has 0 spiro atoms. The van der Waals surface area contributed by atoms with Gasteiger partial charge < -0.3 is 33.9 Å². The van der Waals surface area contributed by atoms with Crippen LogP contribution >= 0.6 is 0 Å². The zero-order valence-corrected chi connectivity index (χ0v) is 23.1. The number of aromatic carboxylic acids is 1. The molecule has 2 N–H and O–H groups in total. The number of fused-ring (bicyclic) bond motifs is 2. The molecule has 6 rings (SSSR count). The maximum atomic E-state index is 15.3. The number of pyridine rings is 1. The first kappa shape index (κ1) is 27.9. The molecule has 4 aromatic rings. The number of nitrogens with one attached hydrogen (secondary N) is 1. The molecule has 1 aliphatic carbocycles. The Balaban J connectivity index is 1.12. The van der Waals surface area contributed by atoms with Crippen LogP contribution in [0.2, 0.25) is 0 Å². The van der Waals surface area contributed by atoms with Crippen LogP contribution in [-0.2, 0) is 4.79 Å². The van der Waals surface area contributed by atoms with Crippen molar-refractivity contribution in [2.24, 2.45) is 0 Å². The molecule has 2 fully saturated rings. The molecule has 2 aromatic heterocycles.